The van der Waals surface area contributed by atoms with E-state index in [0.717, 1.165) is 51.3 Å². The van der Waals surface area contributed by atoms with Crippen molar-refractivity contribution in [2.24, 2.45) is 4.99 Å². The molecule has 0 saturated carbocycles. The van der Waals surface area contributed by atoms with Crippen LogP contribution in [0.1, 0.15) is 32.1 Å². The molecule has 2 aliphatic rings. The Kier molecular flexibility index (Phi) is 8.86. The average molecular weight is 440 g/mol. The van der Waals surface area contributed by atoms with Crippen LogP contribution in [0.5, 0.6) is 0 Å². The molecular formula is C20H33N5O4S. The number of nitrogens with zero attached hydrogens (tertiary/aromatic N) is 3. The van der Waals surface area contributed by atoms with Crippen molar-refractivity contribution in [3.05, 3.63) is 24.5 Å². The molecule has 1 unspecified atom stereocenters. The van der Waals surface area contributed by atoms with Crippen molar-refractivity contribution in [3.8, 4) is 0 Å². The summed E-state index contributed by atoms with van der Waals surface area (Å²) in [6.07, 6.45) is 8.77. The molecular weight excluding hydrogens is 406 g/mol. The Labute approximate surface area is 179 Å². The van der Waals surface area contributed by atoms with E-state index in [0.29, 0.717) is 13.2 Å². The normalized spacial score (nSPS) is 21.6. The Bertz CT molecular complexity index is 761. The number of likely N-dealkylation sites (tertiary alicyclic amines) is 1. The maximum absolute atomic E-state index is 12.2. The summed E-state index contributed by atoms with van der Waals surface area (Å²) in [5, 5.41) is 3.23. The first kappa shape index (κ1) is 22.9. The second-order valence-corrected chi connectivity index (χ2v) is 9.34. The van der Waals surface area contributed by atoms with Gasteiger partial charge in [-0.05, 0) is 44.2 Å². The highest BCUT2D eigenvalue weighted by molar-refractivity contribution is 7.89. The monoisotopic (exact) mass is 439 g/mol. The van der Waals surface area contributed by atoms with Gasteiger partial charge in [-0.25, -0.2) is 13.1 Å². The van der Waals surface area contributed by atoms with Crippen molar-refractivity contribution in [2.45, 2.75) is 49.2 Å². The van der Waals surface area contributed by atoms with Crippen LogP contribution in [0.15, 0.2) is 34.4 Å². The lowest BCUT2D eigenvalue weighted by Crippen LogP contribution is -2.48. The van der Waals surface area contributed by atoms with Crippen LogP contribution in [0.3, 0.4) is 0 Å². The minimum atomic E-state index is -3.55. The molecule has 1 atom stereocenters. The van der Waals surface area contributed by atoms with E-state index in [1.54, 1.807) is 19.3 Å². The number of hydrogen-bond donors (Lipinski definition) is 2. The van der Waals surface area contributed by atoms with Gasteiger partial charge in [0.05, 0.1) is 18.8 Å². The van der Waals surface area contributed by atoms with Gasteiger partial charge < -0.3 is 19.7 Å². The summed E-state index contributed by atoms with van der Waals surface area (Å²) in [5.74, 6) is 0.782. The third kappa shape index (κ3) is 6.90. The molecule has 1 aromatic heterocycles. The second kappa shape index (κ2) is 11.6. The molecule has 2 fully saturated rings. The Hall–Kier alpha value is -1.75. The van der Waals surface area contributed by atoms with Gasteiger partial charge in [0.1, 0.15) is 4.90 Å². The van der Waals surface area contributed by atoms with Gasteiger partial charge in [0.15, 0.2) is 5.96 Å². The van der Waals surface area contributed by atoms with Crippen LogP contribution in [0.25, 0.3) is 0 Å². The molecule has 30 heavy (non-hydrogen) atoms. The number of aliphatic imine (C=N–C) groups is 1. The van der Waals surface area contributed by atoms with E-state index in [1.165, 1.54) is 18.7 Å². The Morgan fingerprint density at radius 3 is 2.80 bits per heavy atom. The van der Waals surface area contributed by atoms with E-state index >= 15 is 0 Å². The van der Waals surface area contributed by atoms with Crippen molar-refractivity contribution in [1.82, 2.24) is 19.9 Å². The minimum Gasteiger partial charge on any atom is -0.376 e. The molecule has 0 bridgehead atoms. The lowest BCUT2D eigenvalue weighted by Gasteiger charge is -2.35. The summed E-state index contributed by atoms with van der Waals surface area (Å²) in [6, 6.07) is 3.12. The highest BCUT2D eigenvalue weighted by Gasteiger charge is 2.23. The van der Waals surface area contributed by atoms with Crippen molar-refractivity contribution in [1.29, 1.82) is 0 Å². The zero-order valence-corrected chi connectivity index (χ0v) is 18.4. The molecule has 0 aliphatic carbocycles. The molecule has 168 valence electrons. The van der Waals surface area contributed by atoms with Gasteiger partial charge in [0, 0.05) is 52.2 Å². The maximum Gasteiger partial charge on any atom is 0.242 e. The van der Waals surface area contributed by atoms with Crippen LogP contribution in [-0.4, -0.2) is 82.9 Å². The lowest BCUT2D eigenvalue weighted by molar-refractivity contribution is -0.0721. The van der Waals surface area contributed by atoms with E-state index in [2.05, 4.69) is 24.9 Å². The molecule has 2 N–H and O–H groups in total. The van der Waals surface area contributed by atoms with Gasteiger partial charge >= 0.3 is 0 Å². The average Bonchev–Trinajstić information content (AvgIpc) is 2.79. The van der Waals surface area contributed by atoms with Crippen molar-refractivity contribution in [2.75, 3.05) is 46.4 Å². The van der Waals surface area contributed by atoms with Crippen molar-refractivity contribution in [3.63, 3.8) is 0 Å². The van der Waals surface area contributed by atoms with Crippen LogP contribution < -0.4 is 10.0 Å². The minimum absolute atomic E-state index is 0.162. The molecule has 10 heteroatoms. The van der Waals surface area contributed by atoms with E-state index in [9.17, 15) is 8.42 Å². The van der Waals surface area contributed by atoms with Crippen LogP contribution in [0, 0.1) is 0 Å². The highest BCUT2D eigenvalue weighted by atomic mass is 32.2. The summed E-state index contributed by atoms with van der Waals surface area (Å²) in [6.45, 7) is 3.97. The standard InChI is InChI=1S/C20H33N5O4S/c1-21-20(23-10-11-24-30(26,27)19-6-4-9-22-15-19)25-12-7-17(8-13-25)29-16-18-5-2-3-14-28-18/h4,6,9,15,17-18,24H,2-3,5,7-8,10-14,16H2,1H3,(H,21,23). The van der Waals surface area contributed by atoms with Crippen LogP contribution in [-0.2, 0) is 19.5 Å². The molecule has 2 aliphatic heterocycles. The molecule has 3 heterocycles. The fourth-order valence-electron chi connectivity index (χ4n) is 3.70. The molecule has 0 radical (unpaired) electrons. The van der Waals surface area contributed by atoms with Gasteiger partial charge in [-0.2, -0.15) is 0 Å². The maximum atomic E-state index is 12.2. The first-order valence-electron chi connectivity index (χ1n) is 10.7. The topological polar surface area (TPSA) is 105 Å². The van der Waals surface area contributed by atoms with Gasteiger partial charge in [-0.15, -0.1) is 0 Å². The summed E-state index contributed by atoms with van der Waals surface area (Å²) >= 11 is 0. The summed E-state index contributed by atoms with van der Waals surface area (Å²) < 4.78 is 38.8. The zero-order chi connectivity index (χ0) is 21.2. The third-order valence-electron chi connectivity index (χ3n) is 5.39. The predicted octanol–water partition coefficient (Wildman–Crippen LogP) is 0.985. The first-order valence-corrected chi connectivity index (χ1v) is 12.2. The Morgan fingerprint density at radius 2 is 2.13 bits per heavy atom. The Balaban J connectivity index is 1.34. The summed E-state index contributed by atoms with van der Waals surface area (Å²) in [7, 11) is -1.80. The number of guanidine groups is 1. The van der Waals surface area contributed by atoms with Crippen molar-refractivity contribution >= 4 is 16.0 Å². The third-order valence-corrected chi connectivity index (χ3v) is 6.84. The lowest BCUT2D eigenvalue weighted by atomic mass is 10.1. The molecule has 9 nitrogen and oxygen atoms in total. The quantitative estimate of drug-likeness (QED) is 0.353. The predicted molar refractivity (Wildman–Crippen MR) is 115 cm³/mol. The van der Waals surface area contributed by atoms with Crippen LogP contribution >= 0.6 is 0 Å². The molecule has 3 rings (SSSR count). The van der Waals surface area contributed by atoms with Crippen LogP contribution in [0.4, 0.5) is 0 Å². The molecule has 0 amide bonds. The number of hydrogen-bond acceptors (Lipinski definition) is 6. The van der Waals surface area contributed by atoms with E-state index in [1.807, 2.05) is 0 Å². The number of sulfonamides is 1. The number of nitrogens with one attached hydrogen (secondary N) is 2. The second-order valence-electron chi connectivity index (χ2n) is 7.57. The van der Waals surface area contributed by atoms with Crippen LogP contribution in [0.2, 0.25) is 0 Å². The molecule has 0 aromatic carbocycles. The van der Waals surface area contributed by atoms with Gasteiger partial charge in [-0.3, -0.25) is 9.98 Å². The largest absolute Gasteiger partial charge is 0.376 e. The zero-order valence-electron chi connectivity index (χ0n) is 17.6. The van der Waals surface area contributed by atoms with E-state index < -0.39 is 10.0 Å². The molecule has 1 aromatic rings. The summed E-state index contributed by atoms with van der Waals surface area (Å²) in [5.41, 5.74) is 0. The van der Waals surface area contributed by atoms with Crippen molar-refractivity contribution < 1.29 is 17.9 Å². The molecule has 0 spiro atoms. The Morgan fingerprint density at radius 1 is 1.30 bits per heavy atom. The fraction of sp³-hybridized carbons (Fsp3) is 0.700. The van der Waals surface area contributed by atoms with Gasteiger partial charge in [0.2, 0.25) is 10.0 Å². The first-order chi connectivity index (χ1) is 14.6. The van der Waals surface area contributed by atoms with E-state index in [-0.39, 0.29) is 23.6 Å². The smallest absolute Gasteiger partial charge is 0.242 e. The number of ether oxygens (including phenoxy) is 2. The number of rotatable bonds is 8. The highest BCUT2D eigenvalue weighted by Crippen LogP contribution is 2.18. The number of aromatic nitrogens is 1. The number of pyridine rings is 1. The van der Waals surface area contributed by atoms with Gasteiger partial charge in [0.25, 0.3) is 0 Å². The van der Waals surface area contributed by atoms with Gasteiger partial charge in [-0.1, -0.05) is 0 Å². The summed E-state index contributed by atoms with van der Waals surface area (Å²) in [4.78, 5) is 10.5. The number of piperidine rings is 1. The molecule has 2 saturated heterocycles. The SMILES string of the molecule is CN=C(NCCNS(=O)(=O)c1cccnc1)N1CCC(OCC2CCCCO2)CC1. The fourth-order valence-corrected chi connectivity index (χ4v) is 4.69. The van der Waals surface area contributed by atoms with E-state index in [4.69, 9.17) is 9.47 Å².